The summed E-state index contributed by atoms with van der Waals surface area (Å²) in [7, 11) is 3.02. The summed E-state index contributed by atoms with van der Waals surface area (Å²) in [5, 5.41) is 5.02. The molecule has 10 heteroatoms. The average Bonchev–Trinajstić information content (AvgIpc) is 3.00. The zero-order valence-electron chi connectivity index (χ0n) is 16.6. The number of methoxy groups -OCH3 is 1. The van der Waals surface area contributed by atoms with Gasteiger partial charge in [0.1, 0.15) is 18.6 Å². The molecule has 0 saturated heterocycles. The predicted octanol–water partition coefficient (Wildman–Crippen LogP) is 3.85. The van der Waals surface area contributed by atoms with Gasteiger partial charge in [0.15, 0.2) is 0 Å². The SMILES string of the molecule is COc1nn(C)c(=O)n1-c1ccccc1CONC(C)=COc1cc(Cl)cc(Cl)c1. The van der Waals surface area contributed by atoms with Crippen molar-refractivity contribution in [3.8, 4) is 17.4 Å². The number of nitrogens with zero attached hydrogens (tertiary/aromatic N) is 3. The molecule has 8 nitrogen and oxygen atoms in total. The molecule has 0 aliphatic carbocycles. The van der Waals surface area contributed by atoms with Gasteiger partial charge in [-0.05, 0) is 31.2 Å². The van der Waals surface area contributed by atoms with Crippen LogP contribution in [-0.2, 0) is 18.5 Å². The zero-order chi connectivity index (χ0) is 21.7. The number of para-hydroxylation sites is 1. The highest BCUT2D eigenvalue weighted by atomic mass is 35.5. The highest BCUT2D eigenvalue weighted by Gasteiger charge is 2.16. The van der Waals surface area contributed by atoms with Crippen molar-refractivity contribution < 1.29 is 14.3 Å². The van der Waals surface area contributed by atoms with Crippen LogP contribution < -0.4 is 20.6 Å². The Morgan fingerprint density at radius 1 is 1.20 bits per heavy atom. The van der Waals surface area contributed by atoms with Gasteiger partial charge in [0.05, 0.1) is 18.5 Å². The molecule has 0 aliphatic heterocycles. The Balaban J connectivity index is 1.68. The zero-order valence-corrected chi connectivity index (χ0v) is 18.1. The number of allylic oxidation sites excluding steroid dienone is 1. The van der Waals surface area contributed by atoms with Crippen LogP contribution in [0.3, 0.4) is 0 Å². The van der Waals surface area contributed by atoms with E-state index in [1.807, 2.05) is 18.2 Å². The standard InChI is InChI=1S/C20H20Cl2N4O4/c1-13(11-29-17-9-15(21)8-16(22)10-17)24-30-12-14-6-4-5-7-18(14)26-19(28-3)23-25(2)20(26)27/h4-11,24H,12H2,1-3H3. The van der Waals surface area contributed by atoms with Crippen LogP contribution in [0.15, 0.2) is 59.2 Å². The molecule has 2 aromatic carbocycles. The first-order valence-corrected chi connectivity index (χ1v) is 9.60. The lowest BCUT2D eigenvalue weighted by Gasteiger charge is -2.12. The van der Waals surface area contributed by atoms with Crippen LogP contribution in [0.2, 0.25) is 10.0 Å². The summed E-state index contributed by atoms with van der Waals surface area (Å²) in [6, 6.07) is 12.4. The Morgan fingerprint density at radius 2 is 1.90 bits per heavy atom. The van der Waals surface area contributed by atoms with Gasteiger partial charge in [0.2, 0.25) is 0 Å². The molecule has 3 rings (SSSR count). The fraction of sp³-hybridized carbons (Fsp3) is 0.200. The summed E-state index contributed by atoms with van der Waals surface area (Å²) in [6.45, 7) is 1.95. The molecule has 0 radical (unpaired) electrons. The van der Waals surface area contributed by atoms with Crippen molar-refractivity contribution in [3.05, 3.63) is 80.5 Å². The van der Waals surface area contributed by atoms with E-state index in [-0.39, 0.29) is 18.3 Å². The maximum absolute atomic E-state index is 12.4. The van der Waals surface area contributed by atoms with E-state index in [2.05, 4.69) is 10.6 Å². The first-order valence-electron chi connectivity index (χ1n) is 8.84. The van der Waals surface area contributed by atoms with E-state index < -0.39 is 0 Å². The third-order valence-corrected chi connectivity index (χ3v) is 4.42. The third kappa shape index (κ3) is 5.15. The topological polar surface area (TPSA) is 79.5 Å². The summed E-state index contributed by atoms with van der Waals surface area (Å²) >= 11 is 11.9. The summed E-state index contributed by atoms with van der Waals surface area (Å²) in [6.07, 6.45) is 1.47. The lowest BCUT2D eigenvalue weighted by molar-refractivity contribution is 0.0478. The molecule has 0 aliphatic rings. The Labute approximate surface area is 183 Å². The van der Waals surface area contributed by atoms with Gasteiger partial charge < -0.3 is 9.47 Å². The number of hydroxylamine groups is 1. The van der Waals surface area contributed by atoms with Crippen LogP contribution in [0, 0.1) is 0 Å². The summed E-state index contributed by atoms with van der Waals surface area (Å²) < 4.78 is 13.3. The largest absolute Gasteiger partial charge is 0.467 e. The monoisotopic (exact) mass is 450 g/mol. The van der Waals surface area contributed by atoms with Crippen LogP contribution in [0.4, 0.5) is 0 Å². The van der Waals surface area contributed by atoms with Gasteiger partial charge in [-0.2, -0.15) is 0 Å². The number of hydrogen-bond acceptors (Lipinski definition) is 6. The van der Waals surface area contributed by atoms with Gasteiger partial charge in [-0.25, -0.2) is 14.0 Å². The van der Waals surface area contributed by atoms with Crippen LogP contribution in [0.25, 0.3) is 5.69 Å². The number of ether oxygens (including phenoxy) is 2. The first kappa shape index (κ1) is 21.8. The molecule has 0 fully saturated rings. The van der Waals surface area contributed by atoms with Gasteiger partial charge in [-0.15, -0.1) is 5.10 Å². The molecule has 0 amide bonds. The Bertz CT molecular complexity index is 1100. The number of hydrogen-bond donors (Lipinski definition) is 1. The van der Waals surface area contributed by atoms with Crippen molar-refractivity contribution in [1.82, 2.24) is 19.8 Å². The Hall–Kier alpha value is -2.94. The van der Waals surface area contributed by atoms with Crippen molar-refractivity contribution >= 4 is 23.2 Å². The van der Waals surface area contributed by atoms with Crippen LogP contribution in [0.1, 0.15) is 12.5 Å². The molecule has 0 atom stereocenters. The lowest BCUT2D eigenvalue weighted by Crippen LogP contribution is -2.23. The number of rotatable bonds is 8. The molecule has 30 heavy (non-hydrogen) atoms. The Morgan fingerprint density at radius 3 is 2.60 bits per heavy atom. The van der Waals surface area contributed by atoms with Gasteiger partial charge in [0, 0.05) is 22.7 Å². The first-order chi connectivity index (χ1) is 14.4. The van der Waals surface area contributed by atoms with E-state index in [1.54, 1.807) is 38.2 Å². The molecule has 0 bridgehead atoms. The van der Waals surface area contributed by atoms with Crippen LogP contribution in [0.5, 0.6) is 11.8 Å². The number of aromatic nitrogens is 3. The van der Waals surface area contributed by atoms with Crippen LogP contribution >= 0.6 is 23.2 Å². The molecule has 1 aromatic heterocycles. The number of nitrogens with one attached hydrogen (secondary N) is 1. The molecule has 0 saturated carbocycles. The van der Waals surface area contributed by atoms with Crippen LogP contribution in [-0.4, -0.2) is 21.5 Å². The highest BCUT2D eigenvalue weighted by Crippen LogP contribution is 2.24. The van der Waals surface area contributed by atoms with E-state index >= 15 is 0 Å². The summed E-state index contributed by atoms with van der Waals surface area (Å²) in [5.74, 6) is 0.502. The number of aryl methyl sites for hydroxylation is 1. The lowest BCUT2D eigenvalue weighted by atomic mass is 10.2. The second-order valence-electron chi connectivity index (χ2n) is 6.27. The van der Waals surface area contributed by atoms with E-state index in [0.717, 1.165) is 5.56 Å². The quantitative estimate of drug-likeness (QED) is 0.414. The molecule has 3 aromatic rings. The second kappa shape index (κ2) is 9.71. The van der Waals surface area contributed by atoms with Crippen molar-refractivity contribution in [1.29, 1.82) is 0 Å². The average molecular weight is 451 g/mol. The minimum atomic E-state index is -0.322. The molecular formula is C20H20Cl2N4O4. The van der Waals surface area contributed by atoms with Crippen molar-refractivity contribution in [2.24, 2.45) is 7.05 Å². The van der Waals surface area contributed by atoms with Crippen molar-refractivity contribution in [2.75, 3.05) is 7.11 Å². The molecule has 158 valence electrons. The molecule has 0 spiro atoms. The Kier molecular flexibility index (Phi) is 7.04. The van der Waals surface area contributed by atoms with Gasteiger partial charge in [-0.3, -0.25) is 10.3 Å². The fourth-order valence-electron chi connectivity index (χ4n) is 2.64. The van der Waals surface area contributed by atoms with Crippen molar-refractivity contribution in [2.45, 2.75) is 13.5 Å². The third-order valence-electron chi connectivity index (χ3n) is 3.98. The molecule has 0 unspecified atom stereocenters. The smallest absolute Gasteiger partial charge is 0.353 e. The molecular weight excluding hydrogens is 431 g/mol. The molecule has 1 N–H and O–H groups in total. The van der Waals surface area contributed by atoms with E-state index in [1.165, 1.54) is 22.6 Å². The van der Waals surface area contributed by atoms with E-state index in [4.69, 9.17) is 37.5 Å². The maximum atomic E-state index is 12.4. The predicted molar refractivity (Wildman–Crippen MR) is 114 cm³/mol. The fourth-order valence-corrected chi connectivity index (χ4v) is 3.14. The van der Waals surface area contributed by atoms with Gasteiger partial charge >= 0.3 is 11.7 Å². The van der Waals surface area contributed by atoms with Gasteiger partial charge in [-0.1, -0.05) is 41.4 Å². The summed E-state index contributed by atoms with van der Waals surface area (Å²) in [4.78, 5) is 18.0. The second-order valence-corrected chi connectivity index (χ2v) is 7.14. The number of halogens is 2. The summed E-state index contributed by atoms with van der Waals surface area (Å²) in [5.41, 5.74) is 4.45. The maximum Gasteiger partial charge on any atom is 0.353 e. The highest BCUT2D eigenvalue weighted by molar-refractivity contribution is 6.34. The molecule has 1 heterocycles. The minimum absolute atomic E-state index is 0.175. The van der Waals surface area contributed by atoms with Gasteiger partial charge in [0.25, 0.3) is 0 Å². The number of benzene rings is 2. The normalized spacial score (nSPS) is 11.4. The van der Waals surface area contributed by atoms with E-state index in [0.29, 0.717) is 27.2 Å². The van der Waals surface area contributed by atoms with Crippen molar-refractivity contribution in [3.63, 3.8) is 0 Å². The minimum Gasteiger partial charge on any atom is -0.467 e. The van der Waals surface area contributed by atoms with E-state index in [9.17, 15) is 4.79 Å².